The van der Waals surface area contributed by atoms with Gasteiger partial charge in [0.05, 0.1) is 7.11 Å². The van der Waals surface area contributed by atoms with Crippen LogP contribution in [-0.2, 0) is 13.1 Å². The van der Waals surface area contributed by atoms with Crippen LogP contribution < -0.4 is 18.9 Å². The van der Waals surface area contributed by atoms with Crippen LogP contribution >= 0.6 is 0 Å². The molecule has 0 radical (unpaired) electrons. The van der Waals surface area contributed by atoms with Gasteiger partial charge < -0.3 is 23.4 Å². The number of rotatable bonds is 7. The average Bonchev–Trinajstić information content (AvgIpc) is 3.39. The van der Waals surface area contributed by atoms with Gasteiger partial charge in [-0.3, -0.25) is 4.90 Å². The minimum Gasteiger partial charge on any atom is -0.497 e. The number of para-hydroxylation sites is 1. The van der Waals surface area contributed by atoms with Crippen molar-refractivity contribution >= 4 is 11.0 Å². The van der Waals surface area contributed by atoms with Gasteiger partial charge in [0.15, 0.2) is 22.8 Å². The van der Waals surface area contributed by atoms with Crippen molar-refractivity contribution in [2.75, 3.05) is 21.0 Å². The lowest BCUT2D eigenvalue weighted by Crippen LogP contribution is -2.17. The molecule has 0 saturated heterocycles. The molecule has 2 heterocycles. The first kappa shape index (κ1) is 20.3. The van der Waals surface area contributed by atoms with Gasteiger partial charge in [-0.1, -0.05) is 24.3 Å². The number of hydrogen-bond acceptors (Lipinski definition) is 6. The molecule has 0 N–H and O–H groups in total. The molecule has 0 atom stereocenters. The van der Waals surface area contributed by atoms with Crippen LogP contribution in [-0.4, -0.2) is 25.9 Å². The average molecular weight is 431 g/mol. The quantitative estimate of drug-likeness (QED) is 0.363. The highest BCUT2D eigenvalue weighted by molar-refractivity contribution is 5.87. The predicted molar refractivity (Wildman–Crippen MR) is 122 cm³/mol. The fourth-order valence-corrected chi connectivity index (χ4v) is 3.98. The maximum Gasteiger partial charge on any atom is 0.231 e. The minimum atomic E-state index is 0.235. The Hall–Kier alpha value is -3.64. The Bertz CT molecular complexity index is 1250. The summed E-state index contributed by atoms with van der Waals surface area (Å²) in [5.74, 6) is 4.52. The molecular formula is C26H25NO5. The van der Waals surface area contributed by atoms with Gasteiger partial charge in [0.1, 0.15) is 17.3 Å². The van der Waals surface area contributed by atoms with Crippen LogP contribution in [0.4, 0.5) is 0 Å². The molecule has 6 nitrogen and oxygen atoms in total. The van der Waals surface area contributed by atoms with Crippen molar-refractivity contribution < 1.29 is 23.4 Å². The van der Waals surface area contributed by atoms with Crippen molar-refractivity contribution in [1.82, 2.24) is 4.90 Å². The summed E-state index contributed by atoms with van der Waals surface area (Å²) in [5, 5.41) is 1.06. The van der Waals surface area contributed by atoms with Gasteiger partial charge >= 0.3 is 0 Å². The fourth-order valence-electron chi connectivity index (χ4n) is 3.98. The third kappa shape index (κ3) is 3.97. The summed E-state index contributed by atoms with van der Waals surface area (Å²) in [6.45, 7) is 3.82. The monoisotopic (exact) mass is 431 g/mol. The van der Waals surface area contributed by atoms with Crippen LogP contribution in [0.5, 0.6) is 28.7 Å². The smallest absolute Gasteiger partial charge is 0.231 e. The lowest BCUT2D eigenvalue weighted by Gasteiger charge is -2.17. The Kier molecular flexibility index (Phi) is 5.37. The van der Waals surface area contributed by atoms with Gasteiger partial charge in [-0.25, -0.2) is 0 Å². The standard InChI is InChI=1S/C26H25NO5/c1-17-22(15-27(2)14-18-7-9-19(28-3)10-8-18)21-5-4-6-24(26(21)31-17)32-20-11-12-23-25(13-20)30-16-29-23/h4-13H,14-16H2,1-3H3. The number of methoxy groups -OCH3 is 1. The van der Waals surface area contributed by atoms with E-state index in [1.165, 1.54) is 5.56 Å². The van der Waals surface area contributed by atoms with Crippen molar-refractivity contribution in [2.24, 2.45) is 0 Å². The van der Waals surface area contributed by atoms with Crippen LogP contribution in [0.1, 0.15) is 16.9 Å². The number of ether oxygens (including phenoxy) is 4. The largest absolute Gasteiger partial charge is 0.497 e. The van der Waals surface area contributed by atoms with Crippen molar-refractivity contribution in [3.63, 3.8) is 0 Å². The van der Waals surface area contributed by atoms with Crippen LogP contribution in [0.15, 0.2) is 65.1 Å². The third-order valence-corrected chi connectivity index (χ3v) is 5.60. The van der Waals surface area contributed by atoms with Gasteiger partial charge in [-0.15, -0.1) is 0 Å². The van der Waals surface area contributed by atoms with E-state index < -0.39 is 0 Å². The molecule has 0 unspecified atom stereocenters. The first-order chi connectivity index (χ1) is 15.6. The van der Waals surface area contributed by atoms with E-state index in [0.29, 0.717) is 17.2 Å². The van der Waals surface area contributed by atoms with E-state index in [1.54, 1.807) is 7.11 Å². The van der Waals surface area contributed by atoms with E-state index in [1.807, 2.05) is 49.4 Å². The second-order valence-electron chi connectivity index (χ2n) is 7.91. The normalized spacial score (nSPS) is 12.5. The Morgan fingerprint density at radius 2 is 1.69 bits per heavy atom. The number of furan rings is 1. The second kappa shape index (κ2) is 8.48. The zero-order valence-corrected chi connectivity index (χ0v) is 18.4. The summed E-state index contributed by atoms with van der Waals surface area (Å²) in [6.07, 6.45) is 0. The summed E-state index contributed by atoms with van der Waals surface area (Å²) >= 11 is 0. The molecule has 0 spiro atoms. The second-order valence-corrected chi connectivity index (χ2v) is 7.91. The summed E-state index contributed by atoms with van der Waals surface area (Å²) < 4.78 is 28.4. The van der Waals surface area contributed by atoms with E-state index in [-0.39, 0.29) is 6.79 Å². The summed E-state index contributed by atoms with van der Waals surface area (Å²) in [4.78, 5) is 2.27. The number of fused-ring (bicyclic) bond motifs is 2. The molecule has 4 aromatic rings. The van der Waals surface area contributed by atoms with Crippen molar-refractivity contribution in [3.05, 3.63) is 77.6 Å². The molecule has 3 aromatic carbocycles. The SMILES string of the molecule is COc1ccc(CN(C)Cc2c(C)oc3c(Oc4ccc5c(c4)OCO5)cccc23)cc1. The highest BCUT2D eigenvalue weighted by Gasteiger charge is 2.18. The molecule has 0 saturated carbocycles. The number of nitrogens with zero attached hydrogens (tertiary/aromatic N) is 1. The lowest BCUT2D eigenvalue weighted by molar-refractivity contribution is 0.174. The summed E-state index contributed by atoms with van der Waals surface area (Å²) in [7, 11) is 3.79. The Labute approximate surface area is 186 Å². The minimum absolute atomic E-state index is 0.235. The predicted octanol–water partition coefficient (Wildman–Crippen LogP) is 5.90. The first-order valence-corrected chi connectivity index (χ1v) is 10.5. The molecule has 32 heavy (non-hydrogen) atoms. The van der Waals surface area contributed by atoms with E-state index in [0.717, 1.165) is 46.9 Å². The molecule has 5 rings (SSSR count). The van der Waals surface area contributed by atoms with E-state index in [2.05, 4.69) is 30.1 Å². The zero-order chi connectivity index (χ0) is 22.1. The summed E-state index contributed by atoms with van der Waals surface area (Å²) in [6, 6.07) is 19.7. The number of benzene rings is 3. The first-order valence-electron chi connectivity index (χ1n) is 10.5. The summed E-state index contributed by atoms with van der Waals surface area (Å²) in [5.41, 5.74) is 3.13. The highest BCUT2D eigenvalue weighted by atomic mass is 16.7. The molecule has 0 fully saturated rings. The Balaban J connectivity index is 1.37. The van der Waals surface area contributed by atoms with Crippen molar-refractivity contribution in [3.8, 4) is 28.7 Å². The topological polar surface area (TPSA) is 53.3 Å². The molecular weight excluding hydrogens is 406 g/mol. The molecule has 6 heteroatoms. The van der Waals surface area contributed by atoms with Crippen molar-refractivity contribution in [2.45, 2.75) is 20.0 Å². The number of hydrogen-bond donors (Lipinski definition) is 0. The van der Waals surface area contributed by atoms with Gasteiger partial charge in [0.2, 0.25) is 6.79 Å². The molecule has 1 aliphatic rings. The highest BCUT2D eigenvalue weighted by Crippen LogP contribution is 2.39. The molecule has 164 valence electrons. The van der Waals surface area contributed by atoms with Gasteiger partial charge in [-0.05, 0) is 49.9 Å². The Morgan fingerprint density at radius 3 is 2.50 bits per heavy atom. The molecule has 1 aliphatic heterocycles. The Morgan fingerprint density at radius 1 is 0.906 bits per heavy atom. The molecule has 0 amide bonds. The van der Waals surface area contributed by atoms with E-state index in [4.69, 9.17) is 23.4 Å². The van der Waals surface area contributed by atoms with Crippen LogP contribution in [0, 0.1) is 6.92 Å². The van der Waals surface area contributed by atoms with E-state index in [9.17, 15) is 0 Å². The van der Waals surface area contributed by atoms with Crippen LogP contribution in [0.3, 0.4) is 0 Å². The third-order valence-electron chi connectivity index (χ3n) is 5.60. The van der Waals surface area contributed by atoms with Crippen LogP contribution in [0.2, 0.25) is 0 Å². The zero-order valence-electron chi connectivity index (χ0n) is 18.4. The van der Waals surface area contributed by atoms with Gasteiger partial charge in [0, 0.05) is 30.1 Å². The maximum atomic E-state index is 6.15. The molecule has 1 aromatic heterocycles. The van der Waals surface area contributed by atoms with Crippen LogP contribution in [0.25, 0.3) is 11.0 Å². The van der Waals surface area contributed by atoms with Crippen molar-refractivity contribution in [1.29, 1.82) is 0 Å². The lowest BCUT2D eigenvalue weighted by atomic mass is 10.1. The maximum absolute atomic E-state index is 6.15. The molecule has 0 bridgehead atoms. The van der Waals surface area contributed by atoms with Gasteiger partial charge in [-0.2, -0.15) is 0 Å². The number of aryl methyl sites for hydroxylation is 1. The van der Waals surface area contributed by atoms with E-state index >= 15 is 0 Å². The molecule has 0 aliphatic carbocycles. The van der Waals surface area contributed by atoms with Gasteiger partial charge in [0.25, 0.3) is 0 Å². The fraction of sp³-hybridized carbons (Fsp3) is 0.231.